The zero-order chi connectivity index (χ0) is 9.14. The monoisotopic (exact) mass is 175 g/mol. The van der Waals surface area contributed by atoms with Crippen LogP contribution in [0.3, 0.4) is 0 Å². The first kappa shape index (κ1) is 9.16. The lowest BCUT2D eigenvalue weighted by molar-refractivity contribution is -0.116. The van der Waals surface area contributed by atoms with Crippen molar-refractivity contribution in [2.45, 2.75) is 25.8 Å². The van der Waals surface area contributed by atoms with Crippen molar-refractivity contribution in [3.05, 3.63) is 12.2 Å². The Morgan fingerprint density at radius 2 is 2.33 bits per heavy atom. The molecule has 0 aromatic heterocycles. The van der Waals surface area contributed by atoms with Crippen molar-refractivity contribution in [1.29, 1.82) is 0 Å². The molecule has 1 N–H and O–H groups in total. The summed E-state index contributed by atoms with van der Waals surface area (Å²) in [4.78, 5) is 10.8. The molecule has 68 valence electrons. The molecular weight excluding hydrogens is 164 g/mol. The molecule has 1 amide bonds. The number of carbonyl (C=O) groups excluding carboxylic acids is 1. The lowest BCUT2D eigenvalue weighted by Gasteiger charge is -1.99. The summed E-state index contributed by atoms with van der Waals surface area (Å²) in [6.07, 6.45) is 1.01. The molecule has 0 saturated heterocycles. The van der Waals surface area contributed by atoms with Crippen molar-refractivity contribution in [2.75, 3.05) is 0 Å². The fourth-order valence-electron chi connectivity index (χ4n) is 1.04. The summed E-state index contributed by atoms with van der Waals surface area (Å²) >= 11 is 0. The van der Waals surface area contributed by atoms with Crippen molar-refractivity contribution >= 4 is 5.91 Å². The quantitative estimate of drug-likeness (QED) is 0.644. The van der Waals surface area contributed by atoms with E-state index in [2.05, 4.69) is 5.32 Å². The number of carbonyl (C=O) groups is 1. The topological polar surface area (TPSA) is 29.1 Å². The van der Waals surface area contributed by atoms with Crippen LogP contribution in [0.2, 0.25) is 0 Å². The largest absolute Gasteiger partial charge is 0.349 e. The van der Waals surface area contributed by atoms with E-state index >= 15 is 0 Å². The van der Waals surface area contributed by atoms with E-state index in [1.807, 2.05) is 0 Å². The summed E-state index contributed by atoms with van der Waals surface area (Å²) in [6.45, 7) is 1.71. The Labute approximate surface area is 69.6 Å². The van der Waals surface area contributed by atoms with Crippen LogP contribution in [0.5, 0.6) is 0 Å². The van der Waals surface area contributed by atoms with Crippen LogP contribution in [-0.2, 0) is 4.79 Å². The molecule has 0 spiro atoms. The molecule has 0 aromatic carbocycles. The number of halogens is 2. The van der Waals surface area contributed by atoms with Gasteiger partial charge in [0.15, 0.2) is 0 Å². The van der Waals surface area contributed by atoms with E-state index in [-0.39, 0.29) is 11.9 Å². The number of allylic oxidation sites excluding steroid dienone is 1. The zero-order valence-corrected chi connectivity index (χ0v) is 6.76. The molecule has 1 rings (SSSR count). The minimum atomic E-state index is -2.30. The Bertz CT molecular complexity index is 203. The van der Waals surface area contributed by atoms with E-state index in [1.54, 1.807) is 13.0 Å². The van der Waals surface area contributed by atoms with Crippen LogP contribution in [0, 0.1) is 5.92 Å². The van der Waals surface area contributed by atoms with Gasteiger partial charge >= 0.3 is 0 Å². The van der Waals surface area contributed by atoms with E-state index < -0.39 is 12.3 Å². The van der Waals surface area contributed by atoms with Crippen molar-refractivity contribution in [2.24, 2.45) is 5.92 Å². The second-order valence-corrected chi connectivity index (χ2v) is 2.85. The van der Waals surface area contributed by atoms with Crippen molar-refractivity contribution in [1.82, 2.24) is 5.32 Å². The number of amides is 1. The van der Waals surface area contributed by atoms with Crippen molar-refractivity contribution < 1.29 is 13.6 Å². The molecule has 1 aliphatic carbocycles. The second kappa shape index (κ2) is 3.65. The average molecular weight is 175 g/mol. The van der Waals surface area contributed by atoms with Gasteiger partial charge in [0.1, 0.15) is 0 Å². The predicted octanol–water partition coefficient (Wildman–Crippen LogP) is 1.33. The third-order valence-corrected chi connectivity index (χ3v) is 1.81. The fraction of sp³-hybridized carbons (Fsp3) is 0.625. The second-order valence-electron chi connectivity index (χ2n) is 2.85. The van der Waals surface area contributed by atoms with Crippen LogP contribution in [0.1, 0.15) is 13.3 Å². The maximum atomic E-state index is 11.9. The molecule has 0 heterocycles. The predicted molar refractivity (Wildman–Crippen MR) is 40.9 cm³/mol. The number of hydrogen-bond acceptors (Lipinski definition) is 1. The first-order chi connectivity index (χ1) is 5.65. The molecule has 1 aliphatic rings. The molecule has 1 saturated carbocycles. The molecule has 12 heavy (non-hydrogen) atoms. The molecule has 0 bridgehead atoms. The Hall–Kier alpha value is -0.930. The van der Waals surface area contributed by atoms with Gasteiger partial charge in [0.05, 0.1) is 0 Å². The summed E-state index contributed by atoms with van der Waals surface area (Å²) in [5, 5.41) is 2.48. The lowest BCUT2D eigenvalue weighted by atomic mass is 10.4. The highest BCUT2D eigenvalue weighted by molar-refractivity contribution is 5.87. The Morgan fingerprint density at radius 3 is 2.75 bits per heavy atom. The molecular formula is C8H11F2NO. The molecule has 0 radical (unpaired) electrons. The summed E-state index contributed by atoms with van der Waals surface area (Å²) in [7, 11) is 0. The highest BCUT2D eigenvalue weighted by Gasteiger charge is 2.44. The van der Waals surface area contributed by atoms with Gasteiger partial charge in [-0.25, -0.2) is 8.78 Å². The third-order valence-electron chi connectivity index (χ3n) is 1.81. The molecule has 4 heteroatoms. The van der Waals surface area contributed by atoms with Gasteiger partial charge in [-0.1, -0.05) is 6.08 Å². The highest BCUT2D eigenvalue weighted by Crippen LogP contribution is 2.35. The summed E-state index contributed by atoms with van der Waals surface area (Å²) in [5.74, 6) is -0.912. The highest BCUT2D eigenvalue weighted by atomic mass is 19.3. The molecule has 1 fully saturated rings. The van der Waals surface area contributed by atoms with Gasteiger partial charge < -0.3 is 5.32 Å². The van der Waals surface area contributed by atoms with Crippen LogP contribution >= 0.6 is 0 Å². The van der Waals surface area contributed by atoms with Crippen LogP contribution in [-0.4, -0.2) is 18.4 Å². The molecule has 0 aromatic rings. The Kier molecular flexibility index (Phi) is 2.78. The summed E-state index contributed by atoms with van der Waals surface area (Å²) in [5.41, 5.74) is 0. The maximum Gasteiger partial charge on any atom is 0.243 e. The molecule has 2 atom stereocenters. The zero-order valence-electron chi connectivity index (χ0n) is 6.76. The van der Waals surface area contributed by atoms with Gasteiger partial charge in [-0.2, -0.15) is 0 Å². The SMILES string of the molecule is C/C=C/C(=O)N[C@H]1C[C@@H]1C(F)F. The number of rotatable bonds is 3. The van der Waals surface area contributed by atoms with Crippen LogP contribution < -0.4 is 5.32 Å². The van der Waals surface area contributed by atoms with Crippen molar-refractivity contribution in [3.8, 4) is 0 Å². The average Bonchev–Trinajstić information content (AvgIpc) is 2.67. The van der Waals surface area contributed by atoms with E-state index in [1.165, 1.54) is 6.08 Å². The van der Waals surface area contributed by atoms with E-state index in [4.69, 9.17) is 0 Å². The normalized spacial score (nSPS) is 28.0. The smallest absolute Gasteiger partial charge is 0.243 e. The van der Waals surface area contributed by atoms with Crippen molar-refractivity contribution in [3.63, 3.8) is 0 Å². The fourth-order valence-corrected chi connectivity index (χ4v) is 1.04. The first-order valence-electron chi connectivity index (χ1n) is 3.86. The Balaban J connectivity index is 2.23. The standard InChI is InChI=1S/C8H11F2NO/c1-2-3-7(12)11-6-4-5(6)8(9)10/h2-3,5-6,8H,4H2,1H3,(H,11,12)/b3-2+/t5-,6-/m0/s1. The van der Waals surface area contributed by atoms with Gasteiger partial charge in [-0.15, -0.1) is 0 Å². The molecule has 2 nitrogen and oxygen atoms in total. The number of nitrogens with one attached hydrogen (secondary N) is 1. The molecule has 0 unspecified atom stereocenters. The van der Waals surface area contributed by atoms with Crippen LogP contribution in [0.25, 0.3) is 0 Å². The summed E-state index contributed by atoms with van der Waals surface area (Å²) < 4.78 is 23.9. The summed E-state index contributed by atoms with van der Waals surface area (Å²) in [6, 6.07) is -0.311. The van der Waals surface area contributed by atoms with Gasteiger partial charge in [0, 0.05) is 12.0 Å². The van der Waals surface area contributed by atoms with E-state index in [0.29, 0.717) is 6.42 Å². The third kappa shape index (κ3) is 2.29. The molecule has 0 aliphatic heterocycles. The van der Waals surface area contributed by atoms with Gasteiger partial charge in [-0.3, -0.25) is 4.79 Å². The van der Waals surface area contributed by atoms with Gasteiger partial charge in [-0.05, 0) is 19.4 Å². The van der Waals surface area contributed by atoms with Gasteiger partial charge in [0.25, 0.3) is 0 Å². The van der Waals surface area contributed by atoms with Crippen LogP contribution in [0.4, 0.5) is 8.78 Å². The lowest BCUT2D eigenvalue weighted by Crippen LogP contribution is -2.25. The minimum absolute atomic E-state index is 0.286. The number of alkyl halides is 2. The minimum Gasteiger partial charge on any atom is -0.349 e. The van der Waals surface area contributed by atoms with E-state index in [9.17, 15) is 13.6 Å². The first-order valence-corrected chi connectivity index (χ1v) is 3.86. The maximum absolute atomic E-state index is 11.9. The number of hydrogen-bond donors (Lipinski definition) is 1. The van der Waals surface area contributed by atoms with Gasteiger partial charge in [0.2, 0.25) is 12.3 Å². The van der Waals surface area contributed by atoms with Crippen LogP contribution in [0.15, 0.2) is 12.2 Å². The Morgan fingerprint density at radius 1 is 1.67 bits per heavy atom. The van der Waals surface area contributed by atoms with E-state index in [0.717, 1.165) is 0 Å².